The van der Waals surface area contributed by atoms with Gasteiger partial charge in [-0.1, -0.05) is 47.6 Å². The lowest BCUT2D eigenvalue weighted by Crippen LogP contribution is -2.40. The number of hydrogen-bond donors (Lipinski definition) is 2. The van der Waals surface area contributed by atoms with E-state index in [0.717, 1.165) is 24.9 Å². The summed E-state index contributed by atoms with van der Waals surface area (Å²) in [6, 6.07) is 16.4. The minimum absolute atomic E-state index is 0.121. The molecule has 0 radical (unpaired) electrons. The molecule has 1 fully saturated rings. The van der Waals surface area contributed by atoms with E-state index in [1.165, 1.54) is 0 Å². The van der Waals surface area contributed by atoms with E-state index in [1.54, 1.807) is 24.3 Å². The molecule has 1 aliphatic heterocycles. The molecule has 2 amide bonds. The van der Waals surface area contributed by atoms with Gasteiger partial charge in [0, 0.05) is 12.1 Å². The number of carbonyl (C=O) groups excluding carboxylic acids is 2. The number of nitrogens with zero attached hydrogens (tertiary/aromatic N) is 3. The summed E-state index contributed by atoms with van der Waals surface area (Å²) in [6.45, 7) is 1.92. The first-order valence-electron chi connectivity index (χ1n) is 9.90. The van der Waals surface area contributed by atoms with Crippen LogP contribution in [0.25, 0.3) is 11.4 Å². The molecule has 0 aliphatic carbocycles. The summed E-state index contributed by atoms with van der Waals surface area (Å²) in [5.74, 6) is 0.191. The molecule has 3 aromatic rings. The van der Waals surface area contributed by atoms with Crippen LogP contribution in [0.1, 0.15) is 29.1 Å². The number of carbonyl (C=O) groups is 2. The number of hydrogen-bond acceptors (Lipinski definition) is 6. The number of primary amides is 1. The summed E-state index contributed by atoms with van der Waals surface area (Å²) in [5.41, 5.74) is 7.04. The molecule has 0 spiro atoms. The van der Waals surface area contributed by atoms with E-state index in [-0.39, 0.29) is 11.8 Å². The molecule has 1 aliphatic rings. The first-order chi connectivity index (χ1) is 14.6. The number of para-hydroxylation sites is 1. The topological polar surface area (TPSA) is 114 Å². The Hall–Kier alpha value is -3.52. The first-order valence-corrected chi connectivity index (χ1v) is 9.90. The molecule has 2 heterocycles. The summed E-state index contributed by atoms with van der Waals surface area (Å²) in [7, 11) is 0. The van der Waals surface area contributed by atoms with Crippen molar-refractivity contribution in [3.63, 3.8) is 0 Å². The Morgan fingerprint density at radius 1 is 1.13 bits per heavy atom. The fourth-order valence-electron chi connectivity index (χ4n) is 3.67. The Balaban J connectivity index is 1.38. The minimum atomic E-state index is -0.568. The first kappa shape index (κ1) is 19.8. The van der Waals surface area contributed by atoms with Crippen LogP contribution in [0.2, 0.25) is 0 Å². The van der Waals surface area contributed by atoms with Gasteiger partial charge in [-0.3, -0.25) is 14.5 Å². The van der Waals surface area contributed by atoms with Crippen LogP contribution in [0.4, 0.5) is 5.69 Å². The molecule has 154 valence electrons. The van der Waals surface area contributed by atoms with Gasteiger partial charge in [0.2, 0.25) is 17.6 Å². The second kappa shape index (κ2) is 8.87. The predicted octanol–water partition coefficient (Wildman–Crippen LogP) is 2.69. The van der Waals surface area contributed by atoms with E-state index in [9.17, 15) is 9.59 Å². The Kier molecular flexibility index (Phi) is 5.85. The van der Waals surface area contributed by atoms with Crippen LogP contribution in [-0.4, -0.2) is 39.9 Å². The van der Waals surface area contributed by atoms with Gasteiger partial charge >= 0.3 is 0 Å². The third-order valence-corrected chi connectivity index (χ3v) is 5.19. The summed E-state index contributed by atoms with van der Waals surface area (Å²) >= 11 is 0. The highest BCUT2D eigenvalue weighted by molar-refractivity contribution is 6.03. The van der Waals surface area contributed by atoms with Gasteiger partial charge in [-0.05, 0) is 31.5 Å². The molecule has 8 nitrogen and oxygen atoms in total. The van der Waals surface area contributed by atoms with Crippen LogP contribution >= 0.6 is 0 Å². The molecule has 3 N–H and O–H groups in total. The molecular formula is C22H23N5O3. The van der Waals surface area contributed by atoms with Crippen molar-refractivity contribution in [2.75, 3.05) is 18.4 Å². The molecule has 0 saturated carbocycles. The van der Waals surface area contributed by atoms with Gasteiger partial charge in [-0.15, -0.1) is 0 Å². The van der Waals surface area contributed by atoms with Crippen LogP contribution in [0.5, 0.6) is 0 Å². The number of nitrogens with one attached hydrogen (secondary N) is 1. The maximum absolute atomic E-state index is 12.8. The molecule has 1 saturated heterocycles. The number of rotatable bonds is 6. The normalized spacial score (nSPS) is 16.9. The predicted molar refractivity (Wildman–Crippen MR) is 111 cm³/mol. The molecule has 30 heavy (non-hydrogen) atoms. The van der Waals surface area contributed by atoms with Gasteiger partial charge in [-0.2, -0.15) is 4.98 Å². The average molecular weight is 405 g/mol. The van der Waals surface area contributed by atoms with Crippen molar-refractivity contribution in [3.05, 3.63) is 66.1 Å². The third-order valence-electron chi connectivity index (χ3n) is 5.19. The fourth-order valence-corrected chi connectivity index (χ4v) is 3.67. The lowest BCUT2D eigenvalue weighted by Gasteiger charge is -2.31. The third kappa shape index (κ3) is 4.55. The van der Waals surface area contributed by atoms with E-state index in [1.807, 2.05) is 30.3 Å². The Bertz CT molecular complexity index is 1030. The maximum atomic E-state index is 12.8. The van der Waals surface area contributed by atoms with Gasteiger partial charge in [-0.25, -0.2) is 0 Å². The monoisotopic (exact) mass is 405 g/mol. The summed E-state index contributed by atoms with van der Waals surface area (Å²) in [6.07, 6.45) is 1.66. The zero-order chi connectivity index (χ0) is 20.9. The van der Waals surface area contributed by atoms with Crippen molar-refractivity contribution in [1.82, 2.24) is 15.0 Å². The summed E-state index contributed by atoms with van der Waals surface area (Å²) < 4.78 is 5.40. The van der Waals surface area contributed by atoms with Gasteiger partial charge < -0.3 is 15.6 Å². The van der Waals surface area contributed by atoms with Gasteiger partial charge in [0.05, 0.1) is 23.7 Å². The van der Waals surface area contributed by atoms with Crippen LogP contribution in [0.15, 0.2) is 59.1 Å². The Morgan fingerprint density at radius 2 is 1.90 bits per heavy atom. The summed E-state index contributed by atoms with van der Waals surface area (Å²) in [4.78, 5) is 31.0. The van der Waals surface area contributed by atoms with Crippen molar-refractivity contribution in [3.8, 4) is 11.4 Å². The number of aromatic nitrogens is 2. The Morgan fingerprint density at radius 3 is 2.70 bits per heavy atom. The number of benzene rings is 2. The van der Waals surface area contributed by atoms with E-state index >= 15 is 0 Å². The molecule has 2 aromatic carbocycles. The average Bonchev–Trinajstić information content (AvgIpc) is 3.23. The molecule has 1 atom stereocenters. The summed E-state index contributed by atoms with van der Waals surface area (Å²) in [5, 5.41) is 6.91. The van der Waals surface area contributed by atoms with Crippen molar-refractivity contribution in [1.29, 1.82) is 0 Å². The fraction of sp³-hybridized carbons (Fsp3) is 0.273. The van der Waals surface area contributed by atoms with Crippen molar-refractivity contribution in [2.45, 2.75) is 19.4 Å². The van der Waals surface area contributed by atoms with Gasteiger partial charge in [0.25, 0.3) is 5.91 Å². The Labute approximate surface area is 174 Å². The number of piperidine rings is 1. The number of likely N-dealkylation sites (tertiary alicyclic amines) is 1. The van der Waals surface area contributed by atoms with Crippen LogP contribution in [0.3, 0.4) is 0 Å². The van der Waals surface area contributed by atoms with Gasteiger partial charge in [0.15, 0.2) is 0 Å². The van der Waals surface area contributed by atoms with Crippen molar-refractivity contribution < 1.29 is 14.1 Å². The lowest BCUT2D eigenvalue weighted by atomic mass is 9.97. The number of nitrogens with two attached hydrogens (primary N) is 1. The zero-order valence-electron chi connectivity index (χ0n) is 16.5. The molecule has 4 rings (SSSR count). The van der Waals surface area contributed by atoms with E-state index < -0.39 is 5.91 Å². The second-order valence-corrected chi connectivity index (χ2v) is 7.35. The molecule has 0 bridgehead atoms. The second-order valence-electron chi connectivity index (χ2n) is 7.35. The van der Waals surface area contributed by atoms with Gasteiger partial charge in [0.1, 0.15) is 0 Å². The standard InChI is InChI=1S/C22H23N5O3/c23-20(28)17-10-4-5-11-18(17)24-22(29)16-9-6-12-27(13-16)14-19-25-21(26-30-19)15-7-2-1-3-8-15/h1-5,7-8,10-11,16H,6,9,12-14H2,(H2,23,28)(H,24,29). The highest BCUT2D eigenvalue weighted by Gasteiger charge is 2.27. The molecule has 8 heteroatoms. The van der Waals surface area contributed by atoms with E-state index in [2.05, 4.69) is 20.4 Å². The largest absolute Gasteiger partial charge is 0.366 e. The molecular weight excluding hydrogens is 382 g/mol. The highest BCUT2D eigenvalue weighted by Crippen LogP contribution is 2.22. The van der Waals surface area contributed by atoms with Crippen LogP contribution in [0, 0.1) is 5.92 Å². The lowest BCUT2D eigenvalue weighted by molar-refractivity contribution is -0.121. The maximum Gasteiger partial charge on any atom is 0.250 e. The SMILES string of the molecule is NC(=O)c1ccccc1NC(=O)C1CCCN(Cc2nc(-c3ccccc3)no2)C1. The minimum Gasteiger partial charge on any atom is -0.366 e. The van der Waals surface area contributed by atoms with Crippen LogP contribution < -0.4 is 11.1 Å². The molecule has 1 unspecified atom stereocenters. The van der Waals surface area contributed by atoms with E-state index in [0.29, 0.717) is 36.1 Å². The smallest absolute Gasteiger partial charge is 0.250 e. The van der Waals surface area contributed by atoms with Crippen LogP contribution in [-0.2, 0) is 11.3 Å². The number of amides is 2. The quantitative estimate of drug-likeness (QED) is 0.652. The highest BCUT2D eigenvalue weighted by atomic mass is 16.5. The zero-order valence-corrected chi connectivity index (χ0v) is 16.5. The van der Waals surface area contributed by atoms with Crippen molar-refractivity contribution >= 4 is 17.5 Å². The van der Waals surface area contributed by atoms with Crippen molar-refractivity contribution in [2.24, 2.45) is 11.7 Å². The number of anilines is 1. The molecule has 1 aromatic heterocycles. The van der Waals surface area contributed by atoms with E-state index in [4.69, 9.17) is 10.3 Å².